The summed E-state index contributed by atoms with van der Waals surface area (Å²) in [6, 6.07) is 6.91. The first-order valence-electron chi connectivity index (χ1n) is 6.58. The predicted octanol–water partition coefficient (Wildman–Crippen LogP) is 3.36. The number of hydrogen-bond acceptors (Lipinski definition) is 3. The van der Waals surface area contributed by atoms with E-state index in [-0.39, 0.29) is 16.0 Å². The summed E-state index contributed by atoms with van der Waals surface area (Å²) in [5.74, 6) is 0.518. The van der Waals surface area contributed by atoms with E-state index in [2.05, 4.69) is 39.8 Å². The van der Waals surface area contributed by atoms with Crippen LogP contribution in [0.25, 0.3) is 0 Å². The van der Waals surface area contributed by atoms with Crippen molar-refractivity contribution in [1.29, 1.82) is 0 Å². The molecular weight excluding hydrogens is 240 g/mol. The van der Waals surface area contributed by atoms with Gasteiger partial charge in [-0.1, -0.05) is 32.9 Å². The van der Waals surface area contributed by atoms with Crippen LogP contribution in [0.5, 0.6) is 0 Å². The normalized spacial score (nSPS) is 13.6. The average molecular weight is 264 g/mol. The maximum absolute atomic E-state index is 10.6. The first kappa shape index (κ1) is 15.6. The fourth-order valence-electron chi connectivity index (χ4n) is 2.12. The first-order chi connectivity index (χ1) is 8.70. The molecule has 0 aliphatic rings. The molecular formula is C15H24N2O2. The van der Waals surface area contributed by atoms with Gasteiger partial charge in [0.25, 0.3) is 5.69 Å². The van der Waals surface area contributed by atoms with Crippen molar-refractivity contribution in [1.82, 2.24) is 4.90 Å². The number of hydrogen-bond donors (Lipinski definition) is 0. The van der Waals surface area contributed by atoms with E-state index in [4.69, 9.17) is 0 Å². The van der Waals surface area contributed by atoms with Gasteiger partial charge < -0.3 is 4.90 Å². The van der Waals surface area contributed by atoms with Gasteiger partial charge in [-0.25, -0.2) is 0 Å². The van der Waals surface area contributed by atoms with Gasteiger partial charge in [0.15, 0.2) is 0 Å². The van der Waals surface area contributed by atoms with E-state index in [1.807, 2.05) is 12.1 Å². The van der Waals surface area contributed by atoms with Gasteiger partial charge in [0.2, 0.25) is 0 Å². The summed E-state index contributed by atoms with van der Waals surface area (Å²) >= 11 is 0. The maximum atomic E-state index is 10.6. The van der Waals surface area contributed by atoms with Crippen LogP contribution >= 0.6 is 0 Å². The largest absolute Gasteiger partial charge is 0.309 e. The second-order valence-electron chi connectivity index (χ2n) is 6.45. The highest BCUT2D eigenvalue weighted by molar-refractivity contribution is 5.33. The third-order valence-electron chi connectivity index (χ3n) is 3.44. The van der Waals surface area contributed by atoms with Crippen LogP contribution in [0.15, 0.2) is 24.3 Å². The number of non-ortho nitro benzene ring substituents is 1. The Labute approximate surface area is 115 Å². The second-order valence-corrected chi connectivity index (χ2v) is 6.45. The van der Waals surface area contributed by atoms with Gasteiger partial charge in [-0.15, -0.1) is 0 Å². The molecule has 0 saturated heterocycles. The summed E-state index contributed by atoms with van der Waals surface area (Å²) in [6.45, 7) is 7.74. The predicted molar refractivity (Wildman–Crippen MR) is 78.3 cm³/mol. The molecule has 19 heavy (non-hydrogen) atoms. The van der Waals surface area contributed by atoms with Crippen LogP contribution in [-0.4, -0.2) is 30.5 Å². The number of benzene rings is 1. The van der Waals surface area contributed by atoms with Crippen molar-refractivity contribution in [3.63, 3.8) is 0 Å². The van der Waals surface area contributed by atoms with Gasteiger partial charge in [0.1, 0.15) is 0 Å². The molecule has 1 rings (SSSR count). The molecule has 4 heteroatoms. The summed E-state index contributed by atoms with van der Waals surface area (Å²) in [6.07, 6.45) is 0.944. The van der Waals surface area contributed by atoms with Crippen LogP contribution in [0.2, 0.25) is 0 Å². The topological polar surface area (TPSA) is 46.4 Å². The van der Waals surface area contributed by atoms with Crippen molar-refractivity contribution in [3.8, 4) is 0 Å². The van der Waals surface area contributed by atoms with Crippen LogP contribution in [0.4, 0.5) is 5.69 Å². The monoisotopic (exact) mass is 264 g/mol. The molecule has 1 aromatic rings. The lowest BCUT2D eigenvalue weighted by atomic mass is 9.77. The van der Waals surface area contributed by atoms with Crippen LogP contribution in [0.3, 0.4) is 0 Å². The molecule has 0 amide bonds. The van der Waals surface area contributed by atoms with E-state index >= 15 is 0 Å². The third-order valence-corrected chi connectivity index (χ3v) is 3.44. The van der Waals surface area contributed by atoms with E-state index in [1.54, 1.807) is 12.1 Å². The van der Waals surface area contributed by atoms with Crippen LogP contribution in [-0.2, 0) is 6.42 Å². The Morgan fingerprint density at radius 2 is 1.74 bits per heavy atom. The fourth-order valence-corrected chi connectivity index (χ4v) is 2.12. The van der Waals surface area contributed by atoms with Crippen molar-refractivity contribution in [3.05, 3.63) is 39.9 Å². The summed E-state index contributed by atoms with van der Waals surface area (Å²) in [5, 5.41) is 10.6. The van der Waals surface area contributed by atoms with Gasteiger partial charge in [-0.3, -0.25) is 10.1 Å². The van der Waals surface area contributed by atoms with Crippen molar-refractivity contribution < 1.29 is 4.92 Å². The van der Waals surface area contributed by atoms with Gasteiger partial charge >= 0.3 is 0 Å². The number of rotatable bonds is 5. The SMILES string of the molecule is CN(C)CC(Cc1ccc([N+](=O)[O-])cc1)C(C)(C)C. The second kappa shape index (κ2) is 6.15. The number of nitrogens with zero attached hydrogens (tertiary/aromatic N) is 2. The zero-order valence-corrected chi connectivity index (χ0v) is 12.5. The zero-order valence-electron chi connectivity index (χ0n) is 12.5. The summed E-state index contributed by atoms with van der Waals surface area (Å²) in [7, 11) is 4.16. The Morgan fingerprint density at radius 3 is 2.11 bits per heavy atom. The highest BCUT2D eigenvalue weighted by Crippen LogP contribution is 2.30. The molecule has 0 aliphatic carbocycles. The smallest absolute Gasteiger partial charge is 0.269 e. The number of nitro groups is 1. The molecule has 0 aliphatic heterocycles. The average Bonchev–Trinajstić information content (AvgIpc) is 2.27. The van der Waals surface area contributed by atoms with E-state index in [0.29, 0.717) is 5.92 Å². The lowest BCUT2D eigenvalue weighted by molar-refractivity contribution is -0.384. The van der Waals surface area contributed by atoms with Gasteiger partial charge in [0.05, 0.1) is 4.92 Å². The molecule has 1 unspecified atom stereocenters. The number of nitro benzene ring substituents is 1. The quantitative estimate of drug-likeness (QED) is 0.605. The molecule has 0 saturated carbocycles. The Kier molecular flexibility index (Phi) is 5.06. The summed E-state index contributed by atoms with van der Waals surface area (Å²) < 4.78 is 0. The zero-order chi connectivity index (χ0) is 14.6. The van der Waals surface area contributed by atoms with E-state index in [9.17, 15) is 10.1 Å². The highest BCUT2D eigenvalue weighted by Gasteiger charge is 2.25. The van der Waals surface area contributed by atoms with E-state index in [1.165, 1.54) is 0 Å². The fraction of sp³-hybridized carbons (Fsp3) is 0.600. The Balaban J connectivity index is 2.81. The molecule has 0 heterocycles. The minimum absolute atomic E-state index is 0.156. The Hall–Kier alpha value is -1.42. The molecule has 0 aromatic heterocycles. The minimum Gasteiger partial charge on any atom is -0.309 e. The van der Waals surface area contributed by atoms with Gasteiger partial charge in [0, 0.05) is 18.7 Å². The lowest BCUT2D eigenvalue weighted by Gasteiger charge is -2.33. The minimum atomic E-state index is -0.356. The first-order valence-corrected chi connectivity index (χ1v) is 6.58. The molecule has 1 aromatic carbocycles. The van der Waals surface area contributed by atoms with Crippen molar-refractivity contribution >= 4 is 5.69 Å². The van der Waals surface area contributed by atoms with Crippen LogP contribution in [0.1, 0.15) is 26.3 Å². The highest BCUT2D eigenvalue weighted by atomic mass is 16.6. The Bertz CT molecular complexity index is 419. The van der Waals surface area contributed by atoms with Gasteiger partial charge in [-0.05, 0) is 37.4 Å². The summed E-state index contributed by atoms with van der Waals surface area (Å²) in [5.41, 5.74) is 1.53. The van der Waals surface area contributed by atoms with Crippen molar-refractivity contribution in [2.45, 2.75) is 27.2 Å². The standard InChI is InChI=1S/C15H24N2O2/c1-15(2,3)13(11-16(4)5)10-12-6-8-14(9-7-12)17(18)19/h6-9,13H,10-11H2,1-5H3. The van der Waals surface area contributed by atoms with Crippen LogP contribution in [0, 0.1) is 21.4 Å². The van der Waals surface area contributed by atoms with Gasteiger partial charge in [-0.2, -0.15) is 0 Å². The molecule has 0 N–H and O–H groups in total. The van der Waals surface area contributed by atoms with Crippen molar-refractivity contribution in [2.24, 2.45) is 11.3 Å². The van der Waals surface area contributed by atoms with E-state index in [0.717, 1.165) is 18.5 Å². The lowest BCUT2D eigenvalue weighted by Crippen LogP contribution is -2.32. The molecule has 1 atom stereocenters. The third kappa shape index (κ3) is 4.99. The molecule has 0 bridgehead atoms. The van der Waals surface area contributed by atoms with Crippen LogP contribution < -0.4 is 0 Å². The van der Waals surface area contributed by atoms with E-state index < -0.39 is 0 Å². The molecule has 0 spiro atoms. The Morgan fingerprint density at radius 1 is 1.21 bits per heavy atom. The molecule has 106 valence electrons. The molecule has 0 fully saturated rings. The molecule has 4 nitrogen and oxygen atoms in total. The summed E-state index contributed by atoms with van der Waals surface area (Å²) in [4.78, 5) is 12.5. The maximum Gasteiger partial charge on any atom is 0.269 e. The van der Waals surface area contributed by atoms with Crippen molar-refractivity contribution in [2.75, 3.05) is 20.6 Å². The molecule has 0 radical (unpaired) electrons.